The average Bonchev–Trinajstić information content (AvgIpc) is 3.23. The Morgan fingerprint density at radius 3 is 2.86 bits per heavy atom. The largest absolute Gasteiger partial charge is 0.377 e. The van der Waals surface area contributed by atoms with E-state index in [4.69, 9.17) is 9.47 Å². The molecule has 0 aromatic carbocycles. The van der Waals surface area contributed by atoms with Crippen molar-refractivity contribution in [3.8, 4) is 0 Å². The molecule has 0 bridgehead atoms. The van der Waals surface area contributed by atoms with Gasteiger partial charge in [0.05, 0.1) is 25.9 Å². The van der Waals surface area contributed by atoms with Crippen molar-refractivity contribution >= 4 is 11.8 Å². The Balaban J connectivity index is 1.38. The number of piperidine rings is 1. The van der Waals surface area contributed by atoms with Crippen molar-refractivity contribution in [3.63, 3.8) is 0 Å². The summed E-state index contributed by atoms with van der Waals surface area (Å²) in [5, 5.41) is 6.93. The van der Waals surface area contributed by atoms with Gasteiger partial charge in [-0.3, -0.25) is 4.99 Å². The van der Waals surface area contributed by atoms with Gasteiger partial charge in [-0.05, 0) is 51.2 Å². The second kappa shape index (κ2) is 11.2. The summed E-state index contributed by atoms with van der Waals surface area (Å²) < 4.78 is 11.3. The average molecular weight is 390 g/mol. The minimum absolute atomic E-state index is 0.281. The Kier molecular flexibility index (Phi) is 8.36. The number of nitrogens with zero attached hydrogens (tertiary/aromatic N) is 3. The van der Waals surface area contributed by atoms with Crippen LogP contribution in [0.3, 0.4) is 0 Å². The number of pyridine rings is 1. The minimum Gasteiger partial charge on any atom is -0.377 e. The lowest BCUT2D eigenvalue weighted by molar-refractivity contribution is 0.0200. The van der Waals surface area contributed by atoms with Gasteiger partial charge >= 0.3 is 0 Å². The van der Waals surface area contributed by atoms with Crippen molar-refractivity contribution in [2.45, 2.75) is 51.7 Å². The number of nitrogens with one attached hydrogen (secondary N) is 2. The van der Waals surface area contributed by atoms with E-state index >= 15 is 0 Å². The van der Waals surface area contributed by atoms with Crippen molar-refractivity contribution in [1.29, 1.82) is 0 Å². The zero-order valence-corrected chi connectivity index (χ0v) is 17.3. The number of aromatic nitrogens is 1. The number of ether oxygens (including phenoxy) is 2. The number of guanidine groups is 1. The summed E-state index contributed by atoms with van der Waals surface area (Å²) >= 11 is 0. The summed E-state index contributed by atoms with van der Waals surface area (Å²) in [6.45, 7) is 9.90. The number of anilines is 1. The Morgan fingerprint density at radius 1 is 1.32 bits per heavy atom. The normalized spacial score (nSPS) is 21.1. The first-order valence-electron chi connectivity index (χ1n) is 10.7. The molecule has 2 saturated heterocycles. The van der Waals surface area contributed by atoms with Gasteiger partial charge in [0.15, 0.2) is 5.96 Å². The van der Waals surface area contributed by atoms with Gasteiger partial charge in [-0.15, -0.1) is 0 Å². The molecule has 1 unspecified atom stereocenters. The van der Waals surface area contributed by atoms with E-state index in [1.54, 1.807) is 0 Å². The van der Waals surface area contributed by atoms with Crippen LogP contribution in [0.4, 0.5) is 5.82 Å². The molecule has 0 saturated carbocycles. The molecule has 7 heteroatoms. The lowest BCUT2D eigenvalue weighted by Gasteiger charge is -2.33. The van der Waals surface area contributed by atoms with Gasteiger partial charge in [0.1, 0.15) is 5.82 Å². The fraction of sp³-hybridized carbons (Fsp3) is 0.714. The van der Waals surface area contributed by atoms with E-state index in [2.05, 4.69) is 51.5 Å². The number of rotatable bonds is 8. The van der Waals surface area contributed by atoms with Gasteiger partial charge in [-0.1, -0.05) is 6.07 Å². The summed E-state index contributed by atoms with van der Waals surface area (Å²) in [5.41, 5.74) is 1.20. The minimum atomic E-state index is 0.281. The standard InChI is InChI=1S/C21H35N5O2/c1-3-22-21(23-10-14-27-16-19-5-4-13-28-19)25-18-8-11-26(12-9-18)20-7-6-17(2)15-24-20/h6-7,15,18-19H,3-5,8-14,16H2,1-2H3,(H2,22,23,25). The highest BCUT2D eigenvalue weighted by molar-refractivity contribution is 5.80. The first-order valence-corrected chi connectivity index (χ1v) is 10.7. The zero-order valence-electron chi connectivity index (χ0n) is 17.3. The topological polar surface area (TPSA) is 71.0 Å². The Labute approximate surface area is 168 Å². The summed E-state index contributed by atoms with van der Waals surface area (Å²) in [5.74, 6) is 1.96. The summed E-state index contributed by atoms with van der Waals surface area (Å²) in [7, 11) is 0. The molecule has 7 nitrogen and oxygen atoms in total. The van der Waals surface area contributed by atoms with E-state index in [1.807, 2.05) is 6.20 Å². The van der Waals surface area contributed by atoms with E-state index in [0.717, 1.165) is 63.7 Å². The van der Waals surface area contributed by atoms with E-state index in [1.165, 1.54) is 5.56 Å². The molecule has 2 N–H and O–H groups in total. The maximum absolute atomic E-state index is 5.71. The molecule has 0 spiro atoms. The Morgan fingerprint density at radius 2 is 2.18 bits per heavy atom. The van der Waals surface area contributed by atoms with Crippen molar-refractivity contribution in [1.82, 2.24) is 15.6 Å². The van der Waals surface area contributed by atoms with Crippen molar-refractivity contribution in [2.75, 3.05) is 50.9 Å². The number of hydrogen-bond donors (Lipinski definition) is 2. The van der Waals surface area contributed by atoms with Crippen molar-refractivity contribution < 1.29 is 9.47 Å². The van der Waals surface area contributed by atoms with Crippen LogP contribution in [0.1, 0.15) is 38.2 Å². The first-order chi connectivity index (χ1) is 13.7. The van der Waals surface area contributed by atoms with Crippen LogP contribution in [-0.2, 0) is 9.47 Å². The maximum Gasteiger partial charge on any atom is 0.191 e. The van der Waals surface area contributed by atoms with Crippen LogP contribution in [0, 0.1) is 6.92 Å². The zero-order chi connectivity index (χ0) is 19.6. The molecule has 3 rings (SSSR count). The number of hydrogen-bond acceptors (Lipinski definition) is 5. The van der Waals surface area contributed by atoms with Gasteiger partial charge in [-0.2, -0.15) is 0 Å². The SMILES string of the molecule is CCNC(=NCCOCC1CCCO1)NC1CCN(c2ccc(C)cn2)CC1. The number of aryl methyl sites for hydroxylation is 1. The van der Waals surface area contributed by atoms with E-state index in [0.29, 0.717) is 25.8 Å². The molecule has 0 radical (unpaired) electrons. The third-order valence-electron chi connectivity index (χ3n) is 5.23. The predicted molar refractivity (Wildman–Crippen MR) is 113 cm³/mol. The third-order valence-corrected chi connectivity index (χ3v) is 5.23. The maximum atomic E-state index is 5.71. The summed E-state index contributed by atoms with van der Waals surface area (Å²) in [6, 6.07) is 4.68. The second-order valence-corrected chi connectivity index (χ2v) is 7.57. The molecule has 28 heavy (non-hydrogen) atoms. The third kappa shape index (κ3) is 6.63. The quantitative estimate of drug-likeness (QED) is 0.403. The lowest BCUT2D eigenvalue weighted by atomic mass is 10.1. The number of aliphatic imine (C=N–C) groups is 1. The van der Waals surface area contributed by atoms with E-state index in [9.17, 15) is 0 Å². The highest BCUT2D eigenvalue weighted by atomic mass is 16.5. The van der Waals surface area contributed by atoms with Gasteiger partial charge in [0.25, 0.3) is 0 Å². The van der Waals surface area contributed by atoms with Crippen molar-refractivity contribution in [2.24, 2.45) is 4.99 Å². The second-order valence-electron chi connectivity index (χ2n) is 7.57. The molecule has 0 aliphatic carbocycles. The predicted octanol–water partition coefficient (Wildman–Crippen LogP) is 2.11. The molecule has 2 aliphatic rings. The van der Waals surface area contributed by atoms with Gasteiger partial charge in [0.2, 0.25) is 0 Å². The van der Waals surface area contributed by atoms with Crippen molar-refractivity contribution in [3.05, 3.63) is 23.9 Å². The molecule has 156 valence electrons. The lowest BCUT2D eigenvalue weighted by Crippen LogP contribution is -2.49. The highest BCUT2D eigenvalue weighted by Crippen LogP contribution is 2.18. The first kappa shape index (κ1) is 20.9. The summed E-state index contributed by atoms with van der Waals surface area (Å²) in [4.78, 5) is 11.6. The monoisotopic (exact) mass is 389 g/mol. The van der Waals surface area contributed by atoms with Gasteiger partial charge < -0.3 is 25.0 Å². The van der Waals surface area contributed by atoms with Crippen LogP contribution >= 0.6 is 0 Å². The van der Waals surface area contributed by atoms with Crippen LogP contribution in [-0.4, -0.2) is 69.1 Å². The molecular formula is C21H35N5O2. The molecular weight excluding hydrogens is 354 g/mol. The molecule has 1 atom stereocenters. The molecule has 3 heterocycles. The van der Waals surface area contributed by atoms with Crippen LogP contribution in [0.2, 0.25) is 0 Å². The smallest absolute Gasteiger partial charge is 0.191 e. The van der Waals surface area contributed by atoms with E-state index < -0.39 is 0 Å². The fourth-order valence-electron chi connectivity index (χ4n) is 3.63. The Bertz CT molecular complexity index is 593. The van der Waals surface area contributed by atoms with Crippen LogP contribution < -0.4 is 15.5 Å². The molecule has 1 aromatic heterocycles. The Hall–Kier alpha value is -1.86. The van der Waals surface area contributed by atoms with Crippen LogP contribution in [0.25, 0.3) is 0 Å². The summed E-state index contributed by atoms with van der Waals surface area (Å²) in [6.07, 6.45) is 6.65. The molecule has 2 aliphatic heterocycles. The van der Waals surface area contributed by atoms with Crippen LogP contribution in [0.15, 0.2) is 23.3 Å². The molecule has 2 fully saturated rings. The van der Waals surface area contributed by atoms with Crippen LogP contribution in [0.5, 0.6) is 0 Å². The van der Waals surface area contributed by atoms with Gasteiger partial charge in [0, 0.05) is 38.5 Å². The van der Waals surface area contributed by atoms with Gasteiger partial charge in [-0.25, -0.2) is 4.98 Å². The fourth-order valence-corrected chi connectivity index (χ4v) is 3.63. The molecule has 0 amide bonds. The molecule has 1 aromatic rings. The highest BCUT2D eigenvalue weighted by Gasteiger charge is 2.21. The van der Waals surface area contributed by atoms with E-state index in [-0.39, 0.29) is 6.10 Å².